The first-order chi connectivity index (χ1) is 43.1. The van der Waals surface area contributed by atoms with Crippen molar-refractivity contribution in [2.45, 2.75) is 145 Å². The van der Waals surface area contributed by atoms with E-state index in [0.717, 1.165) is 74.0 Å². The van der Waals surface area contributed by atoms with E-state index in [1.807, 2.05) is 55.6 Å². The second kappa shape index (κ2) is 23.2. The SMILES string of the molecule is COc1cc2c(cc1O)C1=C[C@H]3C[C@@]4(C[C@@]5(C[C@@H]4C=O)N[C@@H]([C@H](C)O)C[C@H]4CCc6ccc(O)cc6-c6cc7[nH]ccc7n6[C@H]45)[C@H]4C[C@H](O)CC[C@H]4[C@@H]3[C@@H]2CC(=O)C[C@@H]([C@H](O)Cc2ccc(O)c(OCCO)c2)OC(=O)CC#CCc2c1[nH]c1ccccc21. The summed E-state index contributed by atoms with van der Waals surface area (Å²) in [5.41, 5.74) is 8.79. The molecule has 10 N–H and O–H groups in total. The zero-order valence-electron chi connectivity index (χ0n) is 50.2. The predicted octanol–water partition coefficient (Wildman–Crippen LogP) is 9.25. The van der Waals surface area contributed by atoms with Gasteiger partial charge in [0.25, 0.3) is 0 Å². The number of nitrogens with one attached hydrogen (secondary N) is 3. The molecule has 3 saturated carbocycles. The highest BCUT2D eigenvalue weighted by Crippen LogP contribution is 2.71. The van der Waals surface area contributed by atoms with Crippen LogP contribution in [0.3, 0.4) is 0 Å². The molecule has 4 aliphatic carbocycles. The van der Waals surface area contributed by atoms with Crippen molar-refractivity contribution in [3.05, 3.63) is 131 Å². The summed E-state index contributed by atoms with van der Waals surface area (Å²) in [7, 11) is 1.50. The number of ether oxygens (including phenoxy) is 3. The molecule has 7 aliphatic rings. The Balaban J connectivity index is 0.949. The number of aldehydes is 1. The van der Waals surface area contributed by atoms with E-state index in [2.05, 4.69) is 49.9 Å². The first kappa shape index (κ1) is 58.8. The van der Waals surface area contributed by atoms with Gasteiger partial charge in [0, 0.05) is 71.4 Å². The van der Waals surface area contributed by atoms with Crippen LogP contribution in [-0.4, -0.2) is 125 Å². The van der Waals surface area contributed by atoms with Gasteiger partial charge in [0.05, 0.1) is 60.5 Å². The van der Waals surface area contributed by atoms with E-state index in [9.17, 15) is 45.3 Å². The molecule has 2 spiro atoms. The van der Waals surface area contributed by atoms with Gasteiger partial charge in [0.1, 0.15) is 37.0 Å². The van der Waals surface area contributed by atoms with Crippen LogP contribution in [0.25, 0.3) is 38.8 Å². The highest BCUT2D eigenvalue weighted by Gasteiger charge is 2.68. The Labute approximate surface area is 516 Å². The van der Waals surface area contributed by atoms with E-state index in [1.165, 1.54) is 19.5 Å². The number of hydrogen-bond acceptors (Lipinski definition) is 14. The molecule has 0 amide bonds. The number of rotatable bonds is 9. The monoisotopic (exact) mass is 1210 g/mol. The number of para-hydroxylation sites is 1. The number of nitrogens with zero attached hydrogens (tertiary/aromatic N) is 1. The van der Waals surface area contributed by atoms with Crippen molar-refractivity contribution in [2.75, 3.05) is 20.3 Å². The number of methoxy groups -OCH3 is 1. The highest BCUT2D eigenvalue weighted by molar-refractivity contribution is 5.95. The zero-order chi connectivity index (χ0) is 61.6. The normalized spacial score (nSPS) is 30.6. The van der Waals surface area contributed by atoms with E-state index >= 15 is 4.79 Å². The summed E-state index contributed by atoms with van der Waals surface area (Å²) in [6.45, 7) is 1.49. The molecule has 3 aliphatic heterocycles. The van der Waals surface area contributed by atoms with Crippen LogP contribution in [-0.2, 0) is 38.4 Å². The van der Waals surface area contributed by atoms with Gasteiger partial charge in [-0.15, -0.1) is 0 Å². The number of aromatic nitrogens is 3. The average Bonchev–Trinajstić information content (AvgIpc) is 1.56. The third kappa shape index (κ3) is 10.2. The lowest BCUT2D eigenvalue weighted by Gasteiger charge is -2.59. The molecule has 17 nitrogen and oxygen atoms in total. The van der Waals surface area contributed by atoms with Crippen molar-refractivity contribution in [3.63, 3.8) is 0 Å². The number of Topliss-reactive ketones (excluding diaryl/α,β-unsaturated/α-hetero) is 1. The Bertz CT molecular complexity index is 4010. The predicted molar refractivity (Wildman–Crippen MR) is 333 cm³/mol. The van der Waals surface area contributed by atoms with Crippen molar-refractivity contribution < 1.29 is 64.3 Å². The number of allylic oxidation sites excluding steroid dienone is 1. The molecule has 7 aromatic rings. The van der Waals surface area contributed by atoms with E-state index in [0.29, 0.717) is 56.1 Å². The van der Waals surface area contributed by atoms with Gasteiger partial charge in [-0.05, 0) is 188 Å². The number of hydrogen-bond donors (Lipinski definition) is 10. The molecule has 4 aromatic carbocycles. The fourth-order valence-corrected chi connectivity index (χ4v) is 18.5. The first-order valence-corrected chi connectivity index (χ1v) is 31.8. The molecule has 4 fully saturated rings. The molecule has 89 heavy (non-hydrogen) atoms. The van der Waals surface area contributed by atoms with Gasteiger partial charge >= 0.3 is 5.97 Å². The fraction of sp³-hybridized carbons (Fsp3) is 0.458. The molecule has 0 unspecified atom stereocenters. The van der Waals surface area contributed by atoms with Crippen LogP contribution in [0.5, 0.6) is 28.7 Å². The smallest absolute Gasteiger partial charge is 0.318 e. The number of cyclic esters (lactones) is 1. The first-order valence-electron chi connectivity index (χ1n) is 31.8. The number of carbonyl (C=O) groups is 3. The Hall–Kier alpha value is -7.85. The Kier molecular flexibility index (Phi) is 15.3. The number of ketones is 1. The minimum absolute atomic E-state index is 0.0520. The maximum atomic E-state index is 15.6. The maximum absolute atomic E-state index is 15.6. The van der Waals surface area contributed by atoms with Gasteiger partial charge in [-0.2, -0.15) is 0 Å². The molecule has 3 aromatic heterocycles. The number of phenols is 3. The van der Waals surface area contributed by atoms with Crippen LogP contribution in [0.2, 0.25) is 0 Å². The van der Waals surface area contributed by atoms with Gasteiger partial charge in [-0.3, -0.25) is 9.59 Å². The summed E-state index contributed by atoms with van der Waals surface area (Å²) < 4.78 is 20.1. The van der Waals surface area contributed by atoms with E-state index in [1.54, 1.807) is 24.3 Å². The van der Waals surface area contributed by atoms with Crippen LogP contribution in [0, 0.1) is 52.8 Å². The van der Waals surface area contributed by atoms with Crippen molar-refractivity contribution in [1.29, 1.82) is 0 Å². The Morgan fingerprint density at radius 3 is 2.55 bits per heavy atom. The molecular formula is C72H78N4O13. The number of carbonyl (C=O) groups excluding carboxylic acids is 3. The number of fused-ring (bicyclic) bond motifs is 17. The van der Waals surface area contributed by atoms with Gasteiger partial charge in [0.2, 0.25) is 0 Å². The largest absolute Gasteiger partial charge is 0.508 e. The summed E-state index contributed by atoms with van der Waals surface area (Å²) in [5, 5.41) is 84.5. The van der Waals surface area contributed by atoms with E-state index in [-0.39, 0.29) is 122 Å². The number of H-pyrrole nitrogens is 2. The quantitative estimate of drug-likeness (QED) is 0.0367. The molecule has 14 rings (SSSR count). The zero-order valence-corrected chi connectivity index (χ0v) is 50.2. The van der Waals surface area contributed by atoms with Gasteiger partial charge in [-0.25, -0.2) is 0 Å². The average molecular weight is 1210 g/mol. The minimum atomic E-state index is -1.40. The topological polar surface area (TPSA) is 269 Å². The molecule has 15 atom stereocenters. The van der Waals surface area contributed by atoms with E-state index in [4.69, 9.17) is 14.2 Å². The number of aromatic amines is 2. The Morgan fingerprint density at radius 2 is 1.73 bits per heavy atom. The number of esters is 1. The van der Waals surface area contributed by atoms with Gasteiger partial charge in [0.15, 0.2) is 23.0 Å². The number of aryl methyl sites for hydroxylation is 1. The van der Waals surface area contributed by atoms with E-state index < -0.39 is 53.2 Å². The van der Waals surface area contributed by atoms with Crippen LogP contribution in [0.15, 0.2) is 97.2 Å². The molecule has 0 radical (unpaired) electrons. The van der Waals surface area contributed by atoms with Gasteiger partial charge in [-0.1, -0.05) is 48.2 Å². The lowest BCUT2D eigenvalue weighted by atomic mass is 9.46. The number of piperidine rings is 1. The number of phenolic OH excluding ortho intramolecular Hbond substituents is 3. The third-order valence-corrected chi connectivity index (χ3v) is 22.0. The molecule has 2 bridgehead atoms. The lowest BCUT2D eigenvalue weighted by molar-refractivity contribution is -0.155. The van der Waals surface area contributed by atoms with Crippen molar-refractivity contribution in [3.8, 4) is 51.8 Å². The molecule has 6 heterocycles. The summed E-state index contributed by atoms with van der Waals surface area (Å²) in [6.07, 6.45) is 6.03. The van der Waals surface area contributed by atoms with Crippen LogP contribution < -0.4 is 14.8 Å². The summed E-state index contributed by atoms with van der Waals surface area (Å²) in [5.74, 6) is 3.50. The van der Waals surface area contributed by atoms with Crippen molar-refractivity contribution in [2.24, 2.45) is 40.9 Å². The third-order valence-electron chi connectivity index (χ3n) is 22.0. The number of aliphatic hydroxyl groups is 4. The Morgan fingerprint density at radius 1 is 0.888 bits per heavy atom. The number of aromatic hydroxyl groups is 3. The molecule has 17 heteroatoms. The van der Waals surface area contributed by atoms with Crippen LogP contribution in [0.1, 0.15) is 123 Å². The second-order valence-electron chi connectivity index (χ2n) is 26.8. The number of benzene rings is 4. The van der Waals surface area contributed by atoms with Crippen molar-refractivity contribution in [1.82, 2.24) is 19.9 Å². The summed E-state index contributed by atoms with van der Waals surface area (Å²) in [4.78, 5) is 51.7. The van der Waals surface area contributed by atoms with Crippen molar-refractivity contribution >= 4 is 45.5 Å². The highest BCUT2D eigenvalue weighted by atomic mass is 16.6. The lowest BCUT2D eigenvalue weighted by Crippen LogP contribution is -2.64. The molecular weight excluding hydrogens is 1130 g/mol. The fourth-order valence-electron chi connectivity index (χ4n) is 18.5. The van der Waals surface area contributed by atoms with Crippen LogP contribution in [0.4, 0.5) is 0 Å². The number of aliphatic hydroxyl groups excluding tert-OH is 4. The second-order valence-corrected chi connectivity index (χ2v) is 26.8. The van der Waals surface area contributed by atoms with Gasteiger partial charge < -0.3 is 74.6 Å². The van der Waals surface area contributed by atoms with Crippen LogP contribution >= 0.6 is 0 Å². The standard InChI is InChI=1S/C72H78N4O13/c1-38(79)57-26-41-13-12-40-14-15-44(80)27-50(40)60-33-58-59(19-20-73-58)76(60)70(41)72(75-57)35-43(36-78)71(37-72)34-42-25-54-51-31-63(85)64(87-2)32-52(51)53(68(42)49-17-16-45(81)29-55(49)71)28-46(82)30-66(62(84)23-39-11-18-61(83)65(24-39)88-22-21-77)89-67(86)10-6-4-8-48-47-7-3-5-9-56(47)74-69(48)54/h3,5,7,9,11,14-15,18-20,24-25,27,31-33,36,38,41-43,45,49,53,55,57,62,66,68,70,73-75,77,79-81,83-85H,8,10,12-13,16-17,21-23,26,28-30,34-35,37H2,1-2H3/t38-,41+,42-,43+,45+,49+,53+,55-,57+,62+,66-,68+,70+,71-,72+/m0/s1. The molecule has 464 valence electrons. The summed E-state index contributed by atoms with van der Waals surface area (Å²) in [6, 6.07) is 25.6. The minimum Gasteiger partial charge on any atom is -0.508 e. The molecule has 1 saturated heterocycles. The summed E-state index contributed by atoms with van der Waals surface area (Å²) >= 11 is 0. The maximum Gasteiger partial charge on any atom is 0.318 e.